The zero-order chi connectivity index (χ0) is 13.5. The van der Waals surface area contributed by atoms with Crippen LogP contribution in [-0.4, -0.2) is 41.8 Å². The van der Waals surface area contributed by atoms with Crippen molar-refractivity contribution in [3.63, 3.8) is 0 Å². The van der Waals surface area contributed by atoms with Gasteiger partial charge in [-0.25, -0.2) is 4.79 Å². The van der Waals surface area contributed by atoms with E-state index in [1.807, 2.05) is 13.8 Å². The predicted octanol–water partition coefficient (Wildman–Crippen LogP) is 2.36. The van der Waals surface area contributed by atoms with E-state index in [0.717, 1.165) is 12.8 Å². The molecule has 0 radical (unpaired) electrons. The molecule has 18 heavy (non-hydrogen) atoms. The monoisotopic (exact) mass is 257 g/mol. The molecule has 1 fully saturated rings. The van der Waals surface area contributed by atoms with Crippen molar-refractivity contribution in [2.75, 3.05) is 19.7 Å². The molecular formula is C13H23NO4. The molecule has 1 aliphatic heterocycles. The molecule has 0 aromatic carbocycles. The Balaban J connectivity index is 2.22. The summed E-state index contributed by atoms with van der Waals surface area (Å²) in [5, 5.41) is 8.62. The van der Waals surface area contributed by atoms with Crippen LogP contribution in [-0.2, 0) is 9.53 Å². The fraction of sp³-hybridized carbons (Fsp3) is 0.846. The van der Waals surface area contributed by atoms with Gasteiger partial charge in [0.05, 0.1) is 6.61 Å². The molecule has 0 saturated carbocycles. The maximum absolute atomic E-state index is 11.7. The van der Waals surface area contributed by atoms with Crippen LogP contribution in [0.1, 0.15) is 39.5 Å². The minimum absolute atomic E-state index is 0.225. The minimum Gasteiger partial charge on any atom is -0.481 e. The fourth-order valence-corrected chi connectivity index (χ4v) is 2.06. The van der Waals surface area contributed by atoms with Gasteiger partial charge in [0.25, 0.3) is 0 Å². The Morgan fingerprint density at radius 3 is 2.44 bits per heavy atom. The van der Waals surface area contributed by atoms with E-state index in [1.165, 1.54) is 0 Å². The fourth-order valence-electron chi connectivity index (χ4n) is 2.06. The Hall–Kier alpha value is -1.26. The molecule has 0 aromatic rings. The molecule has 0 aliphatic carbocycles. The number of amides is 1. The first-order valence-electron chi connectivity index (χ1n) is 6.62. The van der Waals surface area contributed by atoms with E-state index < -0.39 is 5.97 Å². The Bertz CT molecular complexity index is 283. The number of likely N-dealkylation sites (tertiary alicyclic amines) is 1. The highest BCUT2D eigenvalue weighted by atomic mass is 16.6. The van der Waals surface area contributed by atoms with Crippen molar-refractivity contribution in [1.29, 1.82) is 0 Å². The lowest BCUT2D eigenvalue weighted by molar-refractivity contribution is -0.137. The largest absolute Gasteiger partial charge is 0.481 e. The molecule has 0 unspecified atom stereocenters. The third kappa shape index (κ3) is 5.38. The molecule has 0 spiro atoms. The number of nitrogens with zero attached hydrogens (tertiary/aromatic N) is 1. The highest BCUT2D eigenvalue weighted by Gasteiger charge is 2.24. The lowest BCUT2D eigenvalue weighted by Crippen LogP contribution is -2.39. The molecule has 1 aliphatic rings. The van der Waals surface area contributed by atoms with Crippen molar-refractivity contribution in [3.05, 3.63) is 0 Å². The molecule has 1 saturated heterocycles. The van der Waals surface area contributed by atoms with Gasteiger partial charge in [0, 0.05) is 19.5 Å². The van der Waals surface area contributed by atoms with Crippen LogP contribution in [0.4, 0.5) is 4.79 Å². The van der Waals surface area contributed by atoms with Crippen LogP contribution in [0, 0.1) is 11.8 Å². The topological polar surface area (TPSA) is 66.8 Å². The Kier molecular flexibility index (Phi) is 5.95. The van der Waals surface area contributed by atoms with Crippen LogP contribution in [0.3, 0.4) is 0 Å². The molecule has 5 heteroatoms. The number of hydrogen-bond donors (Lipinski definition) is 1. The summed E-state index contributed by atoms with van der Waals surface area (Å²) in [6.07, 6.45) is 2.46. The van der Waals surface area contributed by atoms with Gasteiger partial charge in [-0.15, -0.1) is 0 Å². The first kappa shape index (κ1) is 14.8. The molecule has 0 atom stereocenters. The quantitative estimate of drug-likeness (QED) is 0.821. The summed E-state index contributed by atoms with van der Waals surface area (Å²) < 4.78 is 5.17. The molecular weight excluding hydrogens is 234 g/mol. The van der Waals surface area contributed by atoms with E-state index in [-0.39, 0.29) is 12.5 Å². The highest BCUT2D eigenvalue weighted by molar-refractivity contribution is 5.68. The summed E-state index contributed by atoms with van der Waals surface area (Å²) in [4.78, 5) is 23.9. The Morgan fingerprint density at radius 2 is 1.94 bits per heavy atom. The van der Waals surface area contributed by atoms with E-state index in [9.17, 15) is 9.59 Å². The Labute approximate surface area is 108 Å². The molecule has 1 amide bonds. The van der Waals surface area contributed by atoms with Gasteiger partial charge in [0.15, 0.2) is 0 Å². The smallest absolute Gasteiger partial charge is 0.409 e. The number of rotatable bonds is 5. The SMILES string of the molecule is CC(C)COC(=O)N1CCC(CCC(=O)O)CC1. The van der Waals surface area contributed by atoms with Gasteiger partial charge in [-0.2, -0.15) is 0 Å². The maximum atomic E-state index is 11.7. The first-order valence-corrected chi connectivity index (χ1v) is 6.62. The van der Waals surface area contributed by atoms with Crippen molar-refractivity contribution >= 4 is 12.1 Å². The van der Waals surface area contributed by atoms with Gasteiger partial charge in [-0.05, 0) is 31.1 Å². The molecule has 1 heterocycles. The Morgan fingerprint density at radius 1 is 1.33 bits per heavy atom. The number of hydrogen-bond acceptors (Lipinski definition) is 3. The van der Waals surface area contributed by atoms with Crippen molar-refractivity contribution in [3.8, 4) is 0 Å². The lowest BCUT2D eigenvalue weighted by atomic mass is 9.92. The third-order valence-electron chi connectivity index (χ3n) is 3.18. The minimum atomic E-state index is -0.742. The highest BCUT2D eigenvalue weighted by Crippen LogP contribution is 2.22. The average molecular weight is 257 g/mol. The zero-order valence-electron chi connectivity index (χ0n) is 11.2. The van der Waals surface area contributed by atoms with Gasteiger partial charge in [0.2, 0.25) is 0 Å². The van der Waals surface area contributed by atoms with Crippen LogP contribution in [0.15, 0.2) is 0 Å². The molecule has 0 aromatic heterocycles. The van der Waals surface area contributed by atoms with E-state index in [1.54, 1.807) is 4.90 Å². The summed E-state index contributed by atoms with van der Waals surface area (Å²) in [7, 11) is 0. The van der Waals surface area contributed by atoms with E-state index in [0.29, 0.717) is 38.0 Å². The number of piperidine rings is 1. The average Bonchev–Trinajstić information content (AvgIpc) is 2.34. The second kappa shape index (κ2) is 7.24. The second-order valence-electron chi connectivity index (χ2n) is 5.33. The zero-order valence-corrected chi connectivity index (χ0v) is 11.2. The molecule has 104 valence electrons. The van der Waals surface area contributed by atoms with E-state index >= 15 is 0 Å². The van der Waals surface area contributed by atoms with E-state index in [2.05, 4.69) is 0 Å². The van der Waals surface area contributed by atoms with Crippen molar-refractivity contribution in [1.82, 2.24) is 4.90 Å². The molecule has 1 rings (SSSR count). The second-order valence-corrected chi connectivity index (χ2v) is 5.33. The summed E-state index contributed by atoms with van der Waals surface area (Å²) in [6, 6.07) is 0. The van der Waals surface area contributed by atoms with Gasteiger partial charge in [-0.3, -0.25) is 4.79 Å². The number of ether oxygens (including phenoxy) is 1. The molecule has 1 N–H and O–H groups in total. The van der Waals surface area contributed by atoms with Gasteiger partial charge < -0.3 is 14.7 Å². The number of carboxylic acid groups (broad SMARTS) is 1. The number of carbonyl (C=O) groups is 2. The van der Waals surface area contributed by atoms with Crippen LogP contribution >= 0.6 is 0 Å². The number of aliphatic carboxylic acids is 1. The van der Waals surface area contributed by atoms with Crippen LogP contribution < -0.4 is 0 Å². The standard InChI is InChI=1S/C13H23NO4/c1-10(2)9-18-13(17)14-7-5-11(6-8-14)3-4-12(15)16/h10-11H,3-9H2,1-2H3,(H,15,16). The summed E-state index contributed by atoms with van der Waals surface area (Å²) in [6.45, 7) is 5.83. The van der Waals surface area contributed by atoms with Crippen molar-refractivity contribution in [2.24, 2.45) is 11.8 Å². The maximum Gasteiger partial charge on any atom is 0.409 e. The number of carboxylic acids is 1. The summed E-state index contributed by atoms with van der Waals surface area (Å²) in [5.74, 6) is 0.0334. The van der Waals surface area contributed by atoms with Gasteiger partial charge in [0.1, 0.15) is 0 Å². The normalized spacial score (nSPS) is 16.9. The van der Waals surface area contributed by atoms with Crippen LogP contribution in [0.5, 0.6) is 0 Å². The predicted molar refractivity (Wildman–Crippen MR) is 67.4 cm³/mol. The van der Waals surface area contributed by atoms with Crippen LogP contribution in [0.25, 0.3) is 0 Å². The van der Waals surface area contributed by atoms with Crippen LogP contribution in [0.2, 0.25) is 0 Å². The lowest BCUT2D eigenvalue weighted by Gasteiger charge is -2.31. The van der Waals surface area contributed by atoms with Crippen molar-refractivity contribution < 1.29 is 19.4 Å². The van der Waals surface area contributed by atoms with Crippen molar-refractivity contribution in [2.45, 2.75) is 39.5 Å². The summed E-state index contributed by atoms with van der Waals surface area (Å²) >= 11 is 0. The van der Waals surface area contributed by atoms with Gasteiger partial charge in [-0.1, -0.05) is 13.8 Å². The van der Waals surface area contributed by atoms with E-state index in [4.69, 9.17) is 9.84 Å². The molecule has 5 nitrogen and oxygen atoms in total. The molecule has 0 bridgehead atoms. The van der Waals surface area contributed by atoms with Gasteiger partial charge >= 0.3 is 12.1 Å². The third-order valence-corrected chi connectivity index (χ3v) is 3.18. The summed E-state index contributed by atoms with van der Waals surface area (Å²) in [5.41, 5.74) is 0. The first-order chi connectivity index (χ1) is 8.49. The number of carbonyl (C=O) groups excluding carboxylic acids is 1.